The number of nitrogens with zero attached hydrogens (tertiary/aromatic N) is 4. The molecule has 0 N–H and O–H groups in total. The molecule has 0 fully saturated rings. The Balaban J connectivity index is 0.000000128. The van der Waals surface area contributed by atoms with E-state index in [9.17, 15) is 0 Å². The Morgan fingerprint density at radius 3 is 1.05 bits per heavy atom. The molecule has 8 nitrogen and oxygen atoms in total. The Morgan fingerprint density at radius 2 is 0.533 bits per heavy atom. The fourth-order valence-electron chi connectivity index (χ4n) is 21.8. The fraction of sp³-hybridized carbons (Fsp3) is 0.0526. The van der Waals surface area contributed by atoms with Crippen LogP contribution in [0, 0.1) is 0 Å². The molecule has 8 aromatic heterocycles. The number of furan rings is 4. The van der Waals surface area contributed by atoms with Crippen molar-refractivity contribution < 1.29 is 17.7 Å². The molecule has 0 spiro atoms. The van der Waals surface area contributed by atoms with Crippen molar-refractivity contribution in [2.24, 2.45) is 0 Å². The van der Waals surface area contributed by atoms with E-state index in [4.69, 9.17) is 17.7 Å². The molecular weight excluding hydrogens is 1490 g/mol. The first-order valence-corrected chi connectivity index (χ1v) is 42.2. The predicted molar refractivity (Wildman–Crippen MR) is 505 cm³/mol. The zero-order chi connectivity index (χ0) is 80.3. The van der Waals surface area contributed by atoms with Gasteiger partial charge in [0.2, 0.25) is 0 Å². The molecule has 0 radical (unpaired) electrons. The van der Waals surface area contributed by atoms with E-state index in [-0.39, 0.29) is 10.8 Å². The minimum atomic E-state index is -0.233. The number of rotatable bonds is 6. The van der Waals surface area contributed by atoms with Crippen molar-refractivity contribution in [2.45, 2.75) is 38.5 Å². The van der Waals surface area contributed by atoms with Gasteiger partial charge in [-0.05, 0) is 207 Å². The van der Waals surface area contributed by atoms with E-state index < -0.39 is 0 Å². The van der Waals surface area contributed by atoms with E-state index in [1.54, 1.807) is 0 Å². The molecule has 2 aliphatic rings. The quantitative estimate of drug-likeness (QED) is 0.166. The third kappa shape index (κ3) is 9.29. The molecule has 18 aromatic carbocycles. The smallest absolute Gasteiger partial charge is 0.143 e. The number of hydrogen-bond donors (Lipinski definition) is 0. The number of aromatic nitrogens is 4. The lowest BCUT2D eigenvalue weighted by atomic mass is 9.80. The summed E-state index contributed by atoms with van der Waals surface area (Å²) in [6.45, 7) is 9.45. The highest BCUT2D eigenvalue weighted by atomic mass is 16.3. The third-order valence-electron chi connectivity index (χ3n) is 27.4. The highest BCUT2D eigenvalue weighted by Gasteiger charge is 2.41. The molecule has 8 heteroatoms. The molecule has 572 valence electrons. The molecule has 28 rings (SSSR count). The number of fused-ring (bicyclic) bond motifs is 32. The lowest BCUT2D eigenvalue weighted by Crippen LogP contribution is -2.15. The standard InChI is InChI=1S/2C57H36N2O2/c1-57(2)46-27-26-43-41-13-5-10-18-53(41)61-56(43)55(46)44-25-21-36(32-47(44)57)59-49-16-8-4-12-38(49)40-24-20-34(30-51(40)59)33-19-23-39-37-11-3-7-15-48(37)58(50(39)29-33)35-22-28-54-45(31-35)42-14-6-9-17-52(42)60-54;1-57(2)46-32-36(21-24-37(46)42-25-28-54-55(56(42)57)43-14-6-10-18-52(43)61-54)59-47-15-7-3-11-38(47)40-23-19-34(30-50(40)59)33-20-26-49-44(29-33)39-12-4-8-16-48(39)58(49)35-22-27-53-45(31-35)41-13-5-9-17-51(41)60-53/h2*3-32H,1-2H3. The molecule has 0 atom stereocenters. The molecule has 0 amide bonds. The normalized spacial score (nSPS) is 13.5. The Bertz CT molecular complexity index is 9120. The fourth-order valence-corrected chi connectivity index (χ4v) is 21.8. The number of benzene rings is 18. The van der Waals surface area contributed by atoms with Crippen molar-refractivity contribution in [2.75, 3.05) is 0 Å². The minimum Gasteiger partial charge on any atom is -0.456 e. The molecule has 0 saturated carbocycles. The second kappa shape index (κ2) is 24.5. The van der Waals surface area contributed by atoms with Crippen LogP contribution in [-0.2, 0) is 10.8 Å². The second-order valence-electron chi connectivity index (χ2n) is 34.5. The van der Waals surface area contributed by atoms with E-state index in [1.165, 1.54) is 170 Å². The van der Waals surface area contributed by atoms with Crippen molar-refractivity contribution in [3.05, 3.63) is 386 Å². The monoisotopic (exact) mass is 1560 g/mol. The molecule has 0 saturated heterocycles. The summed E-state index contributed by atoms with van der Waals surface area (Å²) in [6.07, 6.45) is 0. The van der Waals surface area contributed by atoms with Gasteiger partial charge < -0.3 is 35.9 Å². The Labute approximate surface area is 698 Å². The minimum absolute atomic E-state index is 0.207. The molecular formula is C114H72N4O4. The van der Waals surface area contributed by atoms with Gasteiger partial charge in [-0.2, -0.15) is 0 Å². The van der Waals surface area contributed by atoms with Crippen LogP contribution in [0.15, 0.2) is 382 Å². The summed E-state index contributed by atoms with van der Waals surface area (Å²) < 4.78 is 35.2. The van der Waals surface area contributed by atoms with Crippen molar-refractivity contribution in [1.82, 2.24) is 18.3 Å². The van der Waals surface area contributed by atoms with Gasteiger partial charge in [-0.15, -0.1) is 0 Å². The van der Waals surface area contributed by atoms with E-state index >= 15 is 0 Å². The molecule has 0 aliphatic heterocycles. The van der Waals surface area contributed by atoms with E-state index in [0.29, 0.717) is 0 Å². The molecule has 0 bridgehead atoms. The predicted octanol–water partition coefficient (Wildman–Crippen LogP) is 31.3. The van der Waals surface area contributed by atoms with Crippen molar-refractivity contribution >= 4 is 175 Å². The van der Waals surface area contributed by atoms with E-state index in [2.05, 4.69) is 386 Å². The number of para-hydroxylation sites is 8. The topological polar surface area (TPSA) is 72.3 Å². The Kier molecular flexibility index (Phi) is 13.5. The van der Waals surface area contributed by atoms with Gasteiger partial charge in [-0.25, -0.2) is 0 Å². The van der Waals surface area contributed by atoms with Crippen molar-refractivity contribution in [3.63, 3.8) is 0 Å². The maximum Gasteiger partial charge on any atom is 0.143 e. The summed E-state index contributed by atoms with van der Waals surface area (Å²) in [5.74, 6) is 0. The van der Waals surface area contributed by atoms with Crippen LogP contribution in [0.4, 0.5) is 0 Å². The summed E-state index contributed by atoms with van der Waals surface area (Å²) in [7, 11) is 0. The maximum absolute atomic E-state index is 6.61. The largest absolute Gasteiger partial charge is 0.456 e. The molecule has 8 heterocycles. The van der Waals surface area contributed by atoms with Crippen LogP contribution < -0.4 is 0 Å². The van der Waals surface area contributed by atoms with Gasteiger partial charge in [0.05, 0.1) is 44.1 Å². The van der Waals surface area contributed by atoms with Crippen molar-refractivity contribution in [3.8, 4) is 67.3 Å². The van der Waals surface area contributed by atoms with Gasteiger partial charge in [-0.3, -0.25) is 0 Å². The molecule has 0 unspecified atom stereocenters. The molecule has 2 aliphatic carbocycles. The SMILES string of the molecule is CC1(C)c2cc(-n3c4ccccc4c4ccc(-c5ccc6c(c5)c5ccccc5n6-c5ccc6oc7ccccc7c6c5)cc43)ccc2-c2ccc3oc4ccccc4c3c21.CC1(C)c2cc(-n3c4ccccc4c4ccc(-c5ccc6c7ccccc7n(-c7ccc8oc9ccccc9c8c7)c6c5)cc43)ccc2-c2c1ccc1c2oc2ccccc21. The van der Waals surface area contributed by atoms with Crippen LogP contribution >= 0.6 is 0 Å². The summed E-state index contributed by atoms with van der Waals surface area (Å²) in [5.41, 5.74) is 36.1. The summed E-state index contributed by atoms with van der Waals surface area (Å²) in [5, 5.41) is 19.1. The van der Waals surface area contributed by atoms with Crippen LogP contribution in [0.5, 0.6) is 0 Å². The lowest BCUT2D eigenvalue weighted by Gasteiger charge is -2.23. The van der Waals surface area contributed by atoms with Gasteiger partial charge in [0.15, 0.2) is 0 Å². The van der Waals surface area contributed by atoms with Gasteiger partial charge in [-0.1, -0.05) is 246 Å². The highest BCUT2D eigenvalue weighted by molar-refractivity contribution is 6.18. The van der Waals surface area contributed by atoms with E-state index in [1.807, 2.05) is 24.3 Å². The van der Waals surface area contributed by atoms with Crippen LogP contribution in [-0.4, -0.2) is 18.3 Å². The van der Waals surface area contributed by atoms with Crippen molar-refractivity contribution in [1.29, 1.82) is 0 Å². The van der Waals surface area contributed by atoms with Gasteiger partial charge in [0, 0.05) is 125 Å². The first-order valence-electron chi connectivity index (χ1n) is 42.2. The zero-order valence-electron chi connectivity index (χ0n) is 67.1. The number of hydrogen-bond acceptors (Lipinski definition) is 4. The maximum atomic E-state index is 6.61. The Hall–Kier alpha value is -15.6. The van der Waals surface area contributed by atoms with Gasteiger partial charge in [0.25, 0.3) is 0 Å². The summed E-state index contributed by atoms with van der Waals surface area (Å²) in [4.78, 5) is 0. The highest BCUT2D eigenvalue weighted by Crippen LogP contribution is 2.57. The van der Waals surface area contributed by atoms with E-state index in [0.717, 1.165) is 94.3 Å². The lowest BCUT2D eigenvalue weighted by molar-refractivity contribution is 0.653. The average molecular weight is 1560 g/mol. The van der Waals surface area contributed by atoms with Crippen LogP contribution in [0.2, 0.25) is 0 Å². The average Bonchev–Trinajstić information content (AvgIpc) is 1.55. The first kappa shape index (κ1) is 67.4. The van der Waals surface area contributed by atoms with Gasteiger partial charge in [0.1, 0.15) is 44.7 Å². The zero-order valence-corrected chi connectivity index (χ0v) is 67.1. The van der Waals surface area contributed by atoms with Crippen LogP contribution in [0.25, 0.3) is 242 Å². The molecule has 122 heavy (non-hydrogen) atoms. The van der Waals surface area contributed by atoms with Crippen LogP contribution in [0.3, 0.4) is 0 Å². The molecule has 26 aromatic rings. The third-order valence-corrected chi connectivity index (χ3v) is 27.4. The summed E-state index contributed by atoms with van der Waals surface area (Å²) >= 11 is 0. The van der Waals surface area contributed by atoms with Gasteiger partial charge >= 0.3 is 0 Å². The van der Waals surface area contributed by atoms with Crippen LogP contribution in [0.1, 0.15) is 49.9 Å². The second-order valence-corrected chi connectivity index (χ2v) is 34.5. The first-order chi connectivity index (χ1) is 60.0. The Morgan fingerprint density at radius 1 is 0.197 bits per heavy atom. The summed E-state index contributed by atoms with van der Waals surface area (Å²) in [6, 6.07) is 133.